The molecule has 0 aliphatic carbocycles. The van der Waals surface area contributed by atoms with Crippen LogP contribution < -0.4 is 0 Å². The number of carbonyl (C=O) groups is 1. The summed E-state index contributed by atoms with van der Waals surface area (Å²) in [6.07, 6.45) is 11.0. The fourth-order valence-electron chi connectivity index (χ4n) is 1.12. The molecule has 0 N–H and O–H groups in total. The maximum absolute atomic E-state index is 10.5. The summed E-state index contributed by atoms with van der Waals surface area (Å²) in [5, 5.41) is 0. The number of hydrogen-bond acceptors (Lipinski definition) is 1. The number of ketones is 1. The van der Waals surface area contributed by atoms with Crippen LogP contribution in [0.3, 0.4) is 0 Å². The summed E-state index contributed by atoms with van der Waals surface area (Å²) in [5.41, 5.74) is 0.434. The van der Waals surface area contributed by atoms with E-state index in [-0.39, 0.29) is 5.78 Å². The predicted molar refractivity (Wildman–Crippen MR) is 62.3 cm³/mol. The van der Waals surface area contributed by atoms with Crippen LogP contribution in [0.2, 0.25) is 0 Å². The van der Waals surface area contributed by atoms with Gasteiger partial charge >= 0.3 is 0 Å². The van der Waals surface area contributed by atoms with Crippen molar-refractivity contribution >= 4 is 5.78 Å². The van der Waals surface area contributed by atoms with Crippen LogP contribution in [-0.4, -0.2) is 5.78 Å². The first-order valence-corrected chi connectivity index (χ1v) is 5.25. The molecule has 0 bridgehead atoms. The average molecular weight is 194 g/mol. The minimum Gasteiger partial charge on any atom is -0.295 e. The van der Waals surface area contributed by atoms with Crippen molar-refractivity contribution in [2.45, 2.75) is 47.0 Å². The van der Waals surface area contributed by atoms with E-state index < -0.39 is 0 Å². The van der Waals surface area contributed by atoms with E-state index in [1.807, 2.05) is 6.08 Å². The molecule has 80 valence electrons. The molecule has 0 aromatic heterocycles. The second-order valence-corrected chi connectivity index (χ2v) is 4.85. The molecule has 0 amide bonds. The van der Waals surface area contributed by atoms with Gasteiger partial charge in [0.1, 0.15) is 0 Å². The van der Waals surface area contributed by atoms with Crippen molar-refractivity contribution in [1.29, 1.82) is 0 Å². The van der Waals surface area contributed by atoms with Gasteiger partial charge in [-0.15, -0.1) is 0 Å². The zero-order valence-electron chi connectivity index (χ0n) is 9.84. The Bertz CT molecular complexity index is 216. The lowest BCUT2D eigenvalue weighted by molar-refractivity contribution is -0.112. The third kappa shape index (κ3) is 11.2. The third-order valence-electron chi connectivity index (χ3n) is 1.88. The van der Waals surface area contributed by atoms with Crippen LogP contribution in [0.15, 0.2) is 24.3 Å². The van der Waals surface area contributed by atoms with E-state index in [4.69, 9.17) is 0 Å². The smallest absolute Gasteiger partial charge is 0.152 e. The van der Waals surface area contributed by atoms with Crippen molar-refractivity contribution in [3.63, 3.8) is 0 Å². The zero-order valence-corrected chi connectivity index (χ0v) is 9.84. The topological polar surface area (TPSA) is 17.1 Å². The van der Waals surface area contributed by atoms with E-state index in [9.17, 15) is 4.79 Å². The Morgan fingerprint density at radius 2 is 1.86 bits per heavy atom. The molecule has 0 aliphatic heterocycles. The minimum absolute atomic E-state index is 0.101. The molecule has 0 radical (unpaired) electrons. The van der Waals surface area contributed by atoms with Crippen LogP contribution in [0, 0.1) is 5.41 Å². The van der Waals surface area contributed by atoms with Gasteiger partial charge in [-0.25, -0.2) is 0 Å². The van der Waals surface area contributed by atoms with Crippen molar-refractivity contribution in [2.24, 2.45) is 5.41 Å². The first-order chi connectivity index (χ1) is 6.42. The highest BCUT2D eigenvalue weighted by Crippen LogP contribution is 2.21. The van der Waals surface area contributed by atoms with Crippen LogP contribution in [-0.2, 0) is 4.79 Å². The molecule has 0 saturated heterocycles. The summed E-state index contributed by atoms with van der Waals surface area (Å²) in [6, 6.07) is 0. The van der Waals surface area contributed by atoms with E-state index in [1.165, 1.54) is 12.8 Å². The molecule has 0 fully saturated rings. The Morgan fingerprint density at radius 1 is 1.21 bits per heavy atom. The van der Waals surface area contributed by atoms with Gasteiger partial charge in [-0.05, 0) is 37.7 Å². The molecular formula is C13H22O. The molecule has 0 spiro atoms. The van der Waals surface area contributed by atoms with Gasteiger partial charge in [0.15, 0.2) is 5.78 Å². The number of allylic oxidation sites excluding steroid dienone is 4. The van der Waals surface area contributed by atoms with Crippen LogP contribution in [0.4, 0.5) is 0 Å². The average Bonchev–Trinajstić information content (AvgIpc) is 2.00. The molecule has 1 nitrogen and oxygen atoms in total. The SMILES string of the molecule is CC(=O)C=CC=CCCCC(C)(C)C. The fraction of sp³-hybridized carbons (Fsp3) is 0.615. The molecule has 0 saturated carbocycles. The number of rotatable bonds is 5. The quantitative estimate of drug-likeness (QED) is 0.368. The largest absolute Gasteiger partial charge is 0.295 e. The third-order valence-corrected chi connectivity index (χ3v) is 1.88. The van der Waals surface area contributed by atoms with Crippen LogP contribution >= 0.6 is 0 Å². The van der Waals surface area contributed by atoms with Gasteiger partial charge < -0.3 is 0 Å². The van der Waals surface area contributed by atoms with Crippen molar-refractivity contribution < 1.29 is 4.79 Å². The predicted octanol–water partition coefficient (Wildman–Crippen LogP) is 3.90. The highest BCUT2D eigenvalue weighted by Gasteiger charge is 2.07. The standard InChI is InChI=1S/C13H22O/c1-12(14)10-8-6-5-7-9-11-13(2,3)4/h5-6,8,10H,7,9,11H2,1-4H3. The lowest BCUT2D eigenvalue weighted by atomic mass is 9.90. The van der Waals surface area contributed by atoms with Gasteiger partial charge in [-0.3, -0.25) is 4.79 Å². The monoisotopic (exact) mass is 194 g/mol. The molecular weight excluding hydrogens is 172 g/mol. The van der Waals surface area contributed by atoms with Crippen molar-refractivity contribution in [3.8, 4) is 0 Å². The number of hydrogen-bond donors (Lipinski definition) is 0. The minimum atomic E-state index is 0.101. The molecule has 0 aromatic carbocycles. The van der Waals surface area contributed by atoms with E-state index >= 15 is 0 Å². The summed E-state index contributed by atoms with van der Waals surface area (Å²) in [5.74, 6) is 0.101. The maximum atomic E-state index is 10.5. The molecule has 0 unspecified atom stereocenters. The van der Waals surface area contributed by atoms with Gasteiger partial charge in [-0.2, -0.15) is 0 Å². The highest BCUT2D eigenvalue weighted by molar-refractivity contribution is 5.87. The molecule has 1 heteroatoms. The van der Waals surface area contributed by atoms with Gasteiger partial charge in [0.2, 0.25) is 0 Å². The lowest BCUT2D eigenvalue weighted by Gasteiger charge is -2.16. The second kappa shape index (κ2) is 6.58. The van der Waals surface area contributed by atoms with E-state index in [0.717, 1.165) is 6.42 Å². The van der Waals surface area contributed by atoms with Crippen molar-refractivity contribution in [1.82, 2.24) is 0 Å². The number of unbranched alkanes of at least 4 members (excludes halogenated alkanes) is 1. The zero-order chi connectivity index (χ0) is 11.0. The molecule has 0 heterocycles. The van der Waals surface area contributed by atoms with Crippen molar-refractivity contribution in [2.75, 3.05) is 0 Å². The van der Waals surface area contributed by atoms with E-state index in [0.29, 0.717) is 5.41 Å². The second-order valence-electron chi connectivity index (χ2n) is 4.85. The Morgan fingerprint density at radius 3 is 2.36 bits per heavy atom. The maximum Gasteiger partial charge on any atom is 0.152 e. The summed E-state index contributed by atoms with van der Waals surface area (Å²) in [4.78, 5) is 10.5. The first kappa shape index (κ1) is 13.2. The first-order valence-electron chi connectivity index (χ1n) is 5.25. The summed E-state index contributed by atoms with van der Waals surface area (Å²) in [7, 11) is 0. The highest BCUT2D eigenvalue weighted by atomic mass is 16.1. The summed E-state index contributed by atoms with van der Waals surface area (Å²) in [6.45, 7) is 8.33. The summed E-state index contributed by atoms with van der Waals surface area (Å²) >= 11 is 0. The fourth-order valence-corrected chi connectivity index (χ4v) is 1.12. The summed E-state index contributed by atoms with van der Waals surface area (Å²) < 4.78 is 0. The lowest BCUT2D eigenvalue weighted by Crippen LogP contribution is -2.03. The number of carbonyl (C=O) groups excluding carboxylic acids is 1. The van der Waals surface area contributed by atoms with E-state index in [2.05, 4.69) is 26.8 Å². The van der Waals surface area contributed by atoms with Crippen LogP contribution in [0.25, 0.3) is 0 Å². The van der Waals surface area contributed by atoms with Crippen LogP contribution in [0.5, 0.6) is 0 Å². The van der Waals surface area contributed by atoms with Gasteiger partial charge in [0.25, 0.3) is 0 Å². The molecule has 0 rings (SSSR count). The Kier molecular flexibility index (Phi) is 6.18. The molecule has 0 aromatic rings. The normalized spacial score (nSPS) is 12.9. The molecule has 0 atom stereocenters. The Balaban J connectivity index is 3.50. The molecule has 14 heavy (non-hydrogen) atoms. The Hall–Kier alpha value is -0.850. The van der Waals surface area contributed by atoms with Crippen LogP contribution in [0.1, 0.15) is 47.0 Å². The van der Waals surface area contributed by atoms with Gasteiger partial charge in [-0.1, -0.05) is 39.0 Å². The van der Waals surface area contributed by atoms with E-state index in [1.54, 1.807) is 19.1 Å². The van der Waals surface area contributed by atoms with Gasteiger partial charge in [0, 0.05) is 0 Å². The van der Waals surface area contributed by atoms with Gasteiger partial charge in [0.05, 0.1) is 0 Å². The Labute approximate surface area is 87.9 Å². The molecule has 0 aliphatic rings. The van der Waals surface area contributed by atoms with Crippen molar-refractivity contribution in [3.05, 3.63) is 24.3 Å².